The standard InChI is InChI=1S/C14H18N2O2S/c1-16(8-11-6-4-3-5-7-11)14-15-12(10-18-2)13(9-17)19-14/h3-7,17H,8-10H2,1-2H3. The third kappa shape index (κ3) is 3.53. The maximum Gasteiger partial charge on any atom is 0.185 e. The van der Waals surface area contributed by atoms with Crippen LogP contribution in [0, 0.1) is 0 Å². The second-order valence-corrected chi connectivity index (χ2v) is 5.36. The quantitative estimate of drug-likeness (QED) is 0.881. The topological polar surface area (TPSA) is 45.6 Å². The number of hydrogen-bond donors (Lipinski definition) is 1. The zero-order valence-corrected chi connectivity index (χ0v) is 12.0. The first kappa shape index (κ1) is 14.0. The van der Waals surface area contributed by atoms with Gasteiger partial charge in [0.05, 0.1) is 23.8 Å². The normalized spacial score (nSPS) is 10.7. The van der Waals surface area contributed by atoms with Crippen molar-refractivity contribution in [2.75, 3.05) is 19.1 Å². The van der Waals surface area contributed by atoms with Crippen LogP contribution in [0.25, 0.3) is 0 Å². The molecule has 0 aliphatic carbocycles. The van der Waals surface area contributed by atoms with Gasteiger partial charge in [0, 0.05) is 20.7 Å². The van der Waals surface area contributed by atoms with Crippen LogP contribution in [-0.4, -0.2) is 24.2 Å². The van der Waals surface area contributed by atoms with Crippen LogP contribution >= 0.6 is 11.3 Å². The van der Waals surface area contributed by atoms with Crippen LogP contribution in [0.4, 0.5) is 5.13 Å². The number of benzene rings is 1. The Bertz CT molecular complexity index is 513. The minimum Gasteiger partial charge on any atom is -0.391 e. The molecule has 0 unspecified atom stereocenters. The molecule has 1 aromatic heterocycles. The first-order chi connectivity index (χ1) is 9.24. The Morgan fingerprint density at radius 1 is 1.32 bits per heavy atom. The summed E-state index contributed by atoms with van der Waals surface area (Å²) < 4.78 is 5.10. The van der Waals surface area contributed by atoms with Crippen molar-refractivity contribution >= 4 is 16.5 Å². The smallest absolute Gasteiger partial charge is 0.185 e. The van der Waals surface area contributed by atoms with Crippen LogP contribution in [0.5, 0.6) is 0 Å². The van der Waals surface area contributed by atoms with Crippen molar-refractivity contribution in [1.29, 1.82) is 0 Å². The second-order valence-electron chi connectivity index (χ2n) is 4.30. The van der Waals surface area contributed by atoms with Crippen molar-refractivity contribution in [2.24, 2.45) is 0 Å². The van der Waals surface area contributed by atoms with E-state index in [1.165, 1.54) is 16.9 Å². The van der Waals surface area contributed by atoms with Crippen molar-refractivity contribution in [3.63, 3.8) is 0 Å². The van der Waals surface area contributed by atoms with Gasteiger partial charge in [0.25, 0.3) is 0 Å². The number of thiazole rings is 1. The van der Waals surface area contributed by atoms with Gasteiger partial charge < -0.3 is 14.7 Å². The number of methoxy groups -OCH3 is 1. The predicted molar refractivity (Wildman–Crippen MR) is 77.3 cm³/mol. The SMILES string of the molecule is COCc1nc(N(C)Cc2ccccc2)sc1CO. The monoisotopic (exact) mass is 278 g/mol. The molecule has 2 aromatic rings. The van der Waals surface area contributed by atoms with Gasteiger partial charge in [0.15, 0.2) is 5.13 Å². The molecule has 0 saturated heterocycles. The molecule has 0 amide bonds. The molecular weight excluding hydrogens is 260 g/mol. The minimum absolute atomic E-state index is 0.00946. The average Bonchev–Trinajstić information content (AvgIpc) is 2.83. The van der Waals surface area contributed by atoms with E-state index in [4.69, 9.17) is 4.74 Å². The summed E-state index contributed by atoms with van der Waals surface area (Å²) in [7, 11) is 3.64. The molecule has 1 heterocycles. The zero-order valence-electron chi connectivity index (χ0n) is 11.2. The largest absolute Gasteiger partial charge is 0.391 e. The van der Waals surface area contributed by atoms with E-state index >= 15 is 0 Å². The molecule has 0 spiro atoms. The third-order valence-corrected chi connectivity index (χ3v) is 3.98. The second kappa shape index (κ2) is 6.65. The molecule has 0 fully saturated rings. The Morgan fingerprint density at radius 2 is 2.05 bits per heavy atom. The Balaban J connectivity index is 2.12. The number of nitrogens with zero attached hydrogens (tertiary/aromatic N) is 2. The fraction of sp³-hybridized carbons (Fsp3) is 0.357. The van der Waals surface area contributed by atoms with Crippen LogP contribution in [0.1, 0.15) is 16.1 Å². The van der Waals surface area contributed by atoms with Crippen LogP contribution in [-0.2, 0) is 24.5 Å². The van der Waals surface area contributed by atoms with Crippen molar-refractivity contribution in [2.45, 2.75) is 19.8 Å². The van der Waals surface area contributed by atoms with Gasteiger partial charge in [0.1, 0.15) is 0 Å². The van der Waals surface area contributed by atoms with E-state index < -0.39 is 0 Å². The van der Waals surface area contributed by atoms with E-state index in [-0.39, 0.29) is 6.61 Å². The lowest BCUT2D eigenvalue weighted by molar-refractivity contribution is 0.179. The van der Waals surface area contributed by atoms with Gasteiger partial charge in [-0.15, -0.1) is 0 Å². The molecular formula is C14H18N2O2S. The number of anilines is 1. The Labute approximate surface area is 117 Å². The molecule has 1 aromatic carbocycles. The van der Waals surface area contributed by atoms with Crippen LogP contribution < -0.4 is 4.90 Å². The van der Waals surface area contributed by atoms with Crippen LogP contribution in [0.3, 0.4) is 0 Å². The summed E-state index contributed by atoms with van der Waals surface area (Å²) in [4.78, 5) is 7.48. The lowest BCUT2D eigenvalue weighted by atomic mass is 10.2. The molecule has 0 saturated carbocycles. The molecule has 19 heavy (non-hydrogen) atoms. The summed E-state index contributed by atoms with van der Waals surface area (Å²) in [6.07, 6.45) is 0. The molecule has 0 atom stereocenters. The van der Waals surface area contributed by atoms with E-state index in [1.807, 2.05) is 25.2 Å². The lowest BCUT2D eigenvalue weighted by Gasteiger charge is -2.15. The fourth-order valence-electron chi connectivity index (χ4n) is 1.83. The summed E-state index contributed by atoms with van der Waals surface area (Å²) in [5.74, 6) is 0. The van der Waals surface area contributed by atoms with Gasteiger partial charge in [-0.25, -0.2) is 4.98 Å². The van der Waals surface area contributed by atoms with Crippen molar-refractivity contribution in [1.82, 2.24) is 4.98 Å². The highest BCUT2D eigenvalue weighted by Crippen LogP contribution is 2.27. The maximum atomic E-state index is 9.33. The maximum absolute atomic E-state index is 9.33. The Kier molecular flexibility index (Phi) is 4.90. The summed E-state index contributed by atoms with van der Waals surface area (Å²) in [5.41, 5.74) is 2.06. The van der Waals surface area contributed by atoms with Gasteiger partial charge in [-0.05, 0) is 5.56 Å². The molecule has 2 rings (SSSR count). The van der Waals surface area contributed by atoms with Crippen molar-refractivity contribution in [3.05, 3.63) is 46.5 Å². The number of aliphatic hydroxyl groups is 1. The van der Waals surface area contributed by atoms with Gasteiger partial charge >= 0.3 is 0 Å². The van der Waals surface area contributed by atoms with E-state index in [0.717, 1.165) is 22.2 Å². The average molecular weight is 278 g/mol. The van der Waals surface area contributed by atoms with E-state index in [0.29, 0.717) is 6.61 Å². The number of ether oxygens (including phenoxy) is 1. The number of hydrogen-bond acceptors (Lipinski definition) is 5. The van der Waals surface area contributed by atoms with Gasteiger partial charge in [-0.2, -0.15) is 0 Å². The Hall–Kier alpha value is -1.43. The molecule has 0 radical (unpaired) electrons. The van der Waals surface area contributed by atoms with E-state index in [9.17, 15) is 5.11 Å². The summed E-state index contributed by atoms with van der Waals surface area (Å²) >= 11 is 1.51. The highest BCUT2D eigenvalue weighted by atomic mass is 32.1. The summed E-state index contributed by atoms with van der Waals surface area (Å²) in [6, 6.07) is 10.2. The molecule has 0 aliphatic rings. The third-order valence-electron chi connectivity index (χ3n) is 2.78. The van der Waals surface area contributed by atoms with E-state index in [2.05, 4.69) is 22.0 Å². The van der Waals surface area contributed by atoms with Gasteiger partial charge in [-0.3, -0.25) is 0 Å². The predicted octanol–water partition coefficient (Wildman–Crippen LogP) is 2.42. The van der Waals surface area contributed by atoms with Crippen molar-refractivity contribution in [3.8, 4) is 0 Å². The zero-order chi connectivity index (χ0) is 13.7. The summed E-state index contributed by atoms with van der Waals surface area (Å²) in [6.45, 7) is 1.24. The number of rotatable bonds is 6. The number of aliphatic hydroxyl groups excluding tert-OH is 1. The molecule has 0 bridgehead atoms. The highest BCUT2D eigenvalue weighted by molar-refractivity contribution is 7.15. The highest BCUT2D eigenvalue weighted by Gasteiger charge is 2.13. The summed E-state index contributed by atoms with van der Waals surface area (Å²) in [5, 5.41) is 10.2. The Morgan fingerprint density at radius 3 is 2.68 bits per heavy atom. The van der Waals surface area contributed by atoms with Gasteiger partial charge in [0.2, 0.25) is 0 Å². The van der Waals surface area contributed by atoms with E-state index in [1.54, 1.807) is 7.11 Å². The number of aromatic nitrogens is 1. The molecule has 5 heteroatoms. The fourth-order valence-corrected chi connectivity index (χ4v) is 2.71. The van der Waals surface area contributed by atoms with Crippen LogP contribution in [0.2, 0.25) is 0 Å². The van der Waals surface area contributed by atoms with Crippen LogP contribution in [0.15, 0.2) is 30.3 Å². The molecule has 1 N–H and O–H groups in total. The first-order valence-corrected chi connectivity index (χ1v) is 6.89. The molecule has 102 valence electrons. The van der Waals surface area contributed by atoms with Gasteiger partial charge in [-0.1, -0.05) is 41.7 Å². The molecule has 4 nitrogen and oxygen atoms in total. The first-order valence-electron chi connectivity index (χ1n) is 6.08. The lowest BCUT2D eigenvalue weighted by Crippen LogP contribution is -2.16. The van der Waals surface area contributed by atoms with Crippen molar-refractivity contribution < 1.29 is 9.84 Å². The molecule has 0 aliphatic heterocycles. The minimum atomic E-state index is 0.00946.